The van der Waals surface area contributed by atoms with Gasteiger partial charge in [-0.25, -0.2) is 0 Å². The third kappa shape index (κ3) is 4.20. The molecule has 5 heteroatoms. The lowest BCUT2D eigenvalue weighted by Crippen LogP contribution is -2.34. The number of amides is 1. The van der Waals surface area contributed by atoms with Crippen molar-refractivity contribution in [2.75, 3.05) is 26.0 Å². The zero-order valence-corrected chi connectivity index (χ0v) is 11.9. The number of anilines is 1. The molecular weight excluding hydrogens is 252 g/mol. The molecule has 4 nitrogen and oxygen atoms in total. The molecule has 0 aromatic heterocycles. The minimum Gasteiger partial charge on any atom is -0.495 e. The molecule has 0 fully saturated rings. The van der Waals surface area contributed by atoms with E-state index in [2.05, 4.69) is 5.32 Å². The minimum absolute atomic E-state index is 0.0626. The maximum Gasteiger partial charge on any atom is 0.238 e. The lowest BCUT2D eigenvalue weighted by molar-refractivity contribution is -0.117. The number of halogens is 1. The van der Waals surface area contributed by atoms with E-state index in [1.165, 1.54) is 0 Å². The number of likely N-dealkylation sites (N-methyl/N-ethyl adjacent to an activating group) is 1. The first kappa shape index (κ1) is 14.8. The number of benzene rings is 1. The van der Waals surface area contributed by atoms with Crippen LogP contribution < -0.4 is 10.1 Å². The first-order chi connectivity index (χ1) is 8.43. The summed E-state index contributed by atoms with van der Waals surface area (Å²) in [7, 11) is 3.46. The first-order valence-electron chi connectivity index (χ1n) is 5.77. The zero-order valence-electron chi connectivity index (χ0n) is 11.2. The van der Waals surface area contributed by atoms with Crippen molar-refractivity contribution < 1.29 is 9.53 Å². The highest BCUT2D eigenvalue weighted by Gasteiger charge is 2.10. The van der Waals surface area contributed by atoms with Crippen LogP contribution in [0.5, 0.6) is 5.75 Å². The van der Waals surface area contributed by atoms with Crippen molar-refractivity contribution in [3.8, 4) is 5.75 Å². The van der Waals surface area contributed by atoms with E-state index in [-0.39, 0.29) is 5.91 Å². The summed E-state index contributed by atoms with van der Waals surface area (Å²) in [6, 6.07) is 5.49. The predicted octanol–water partition coefficient (Wildman–Crippen LogP) is 2.63. The Hall–Kier alpha value is -1.26. The highest BCUT2D eigenvalue weighted by atomic mass is 35.5. The molecule has 1 rings (SSSR count). The van der Waals surface area contributed by atoms with Crippen LogP contribution in [-0.4, -0.2) is 37.6 Å². The normalized spacial score (nSPS) is 10.8. The van der Waals surface area contributed by atoms with Gasteiger partial charge in [-0.15, -0.1) is 0 Å². The van der Waals surface area contributed by atoms with Gasteiger partial charge in [-0.3, -0.25) is 9.69 Å². The van der Waals surface area contributed by atoms with Gasteiger partial charge in [-0.2, -0.15) is 0 Å². The van der Waals surface area contributed by atoms with Gasteiger partial charge in [-0.1, -0.05) is 11.6 Å². The number of ether oxygens (including phenoxy) is 1. The van der Waals surface area contributed by atoms with Crippen molar-refractivity contribution in [2.45, 2.75) is 19.9 Å². The van der Waals surface area contributed by atoms with Crippen LogP contribution >= 0.6 is 11.6 Å². The summed E-state index contributed by atoms with van der Waals surface area (Å²) < 4.78 is 5.05. The largest absolute Gasteiger partial charge is 0.495 e. The van der Waals surface area contributed by atoms with Crippen molar-refractivity contribution in [1.29, 1.82) is 0 Å². The molecule has 0 aliphatic rings. The third-order valence-electron chi connectivity index (χ3n) is 2.71. The Morgan fingerprint density at radius 1 is 1.50 bits per heavy atom. The molecule has 1 amide bonds. The molecule has 0 heterocycles. The summed E-state index contributed by atoms with van der Waals surface area (Å²) in [4.78, 5) is 13.7. The number of rotatable bonds is 5. The highest BCUT2D eigenvalue weighted by Crippen LogP contribution is 2.27. The molecule has 0 unspecified atom stereocenters. The summed E-state index contributed by atoms with van der Waals surface area (Å²) in [5.74, 6) is 0.529. The Morgan fingerprint density at radius 2 is 2.17 bits per heavy atom. The molecule has 0 atom stereocenters. The van der Waals surface area contributed by atoms with Crippen LogP contribution in [0, 0.1) is 0 Å². The predicted molar refractivity (Wildman–Crippen MR) is 74.4 cm³/mol. The molecular formula is C13H19ClN2O2. The van der Waals surface area contributed by atoms with Gasteiger partial charge in [0.05, 0.1) is 18.7 Å². The van der Waals surface area contributed by atoms with Crippen molar-refractivity contribution in [3.05, 3.63) is 23.2 Å². The Balaban J connectivity index is 2.62. The highest BCUT2D eigenvalue weighted by molar-refractivity contribution is 6.32. The Labute approximate surface area is 113 Å². The van der Waals surface area contributed by atoms with E-state index < -0.39 is 0 Å². The summed E-state index contributed by atoms with van der Waals surface area (Å²) in [5, 5.41) is 3.28. The van der Waals surface area contributed by atoms with E-state index in [1.54, 1.807) is 25.3 Å². The van der Waals surface area contributed by atoms with Crippen LogP contribution in [0.2, 0.25) is 5.02 Å². The van der Waals surface area contributed by atoms with E-state index >= 15 is 0 Å². The number of carbonyl (C=O) groups is 1. The molecule has 0 radical (unpaired) electrons. The Bertz CT molecular complexity index is 421. The van der Waals surface area contributed by atoms with Gasteiger partial charge in [-0.05, 0) is 39.1 Å². The van der Waals surface area contributed by atoms with Gasteiger partial charge in [0.2, 0.25) is 5.91 Å². The van der Waals surface area contributed by atoms with E-state index in [1.807, 2.05) is 25.8 Å². The second kappa shape index (κ2) is 6.61. The van der Waals surface area contributed by atoms with E-state index in [0.29, 0.717) is 29.0 Å². The SMILES string of the molecule is COc1ccc(NC(=O)CN(C)C(C)C)cc1Cl. The number of nitrogens with zero attached hydrogens (tertiary/aromatic N) is 1. The summed E-state index contributed by atoms with van der Waals surface area (Å²) in [6.07, 6.45) is 0. The van der Waals surface area contributed by atoms with Gasteiger partial charge in [0.25, 0.3) is 0 Å². The molecule has 1 N–H and O–H groups in total. The maximum atomic E-state index is 11.8. The molecule has 0 aliphatic heterocycles. The standard InChI is InChI=1S/C13H19ClN2O2/c1-9(2)16(3)8-13(17)15-10-5-6-12(18-4)11(14)7-10/h5-7,9H,8H2,1-4H3,(H,15,17). The van der Waals surface area contributed by atoms with Crippen LogP contribution in [0.25, 0.3) is 0 Å². The molecule has 1 aromatic rings. The maximum absolute atomic E-state index is 11.8. The van der Waals surface area contributed by atoms with Crippen LogP contribution in [0.15, 0.2) is 18.2 Å². The van der Waals surface area contributed by atoms with E-state index in [4.69, 9.17) is 16.3 Å². The Kier molecular flexibility index (Phi) is 5.44. The molecule has 0 saturated heterocycles. The summed E-state index contributed by atoms with van der Waals surface area (Å²) in [5.41, 5.74) is 0.669. The quantitative estimate of drug-likeness (QED) is 0.894. The second-order valence-electron chi connectivity index (χ2n) is 4.41. The topological polar surface area (TPSA) is 41.6 Å². The van der Waals surface area contributed by atoms with Gasteiger partial charge < -0.3 is 10.1 Å². The van der Waals surface area contributed by atoms with Crippen LogP contribution in [0.1, 0.15) is 13.8 Å². The second-order valence-corrected chi connectivity index (χ2v) is 4.81. The van der Waals surface area contributed by atoms with Gasteiger partial charge in [0, 0.05) is 11.7 Å². The fourth-order valence-corrected chi connectivity index (χ4v) is 1.61. The van der Waals surface area contributed by atoms with Gasteiger partial charge in [0.15, 0.2) is 0 Å². The zero-order chi connectivity index (χ0) is 13.7. The Morgan fingerprint density at radius 3 is 2.67 bits per heavy atom. The number of hydrogen-bond donors (Lipinski definition) is 1. The lowest BCUT2D eigenvalue weighted by Gasteiger charge is -2.20. The minimum atomic E-state index is -0.0626. The van der Waals surface area contributed by atoms with Crippen molar-refractivity contribution in [2.24, 2.45) is 0 Å². The van der Waals surface area contributed by atoms with Crippen LogP contribution in [0.3, 0.4) is 0 Å². The molecule has 0 bridgehead atoms. The average molecular weight is 271 g/mol. The molecule has 0 spiro atoms. The number of hydrogen-bond acceptors (Lipinski definition) is 3. The van der Waals surface area contributed by atoms with Crippen molar-refractivity contribution >= 4 is 23.2 Å². The van der Waals surface area contributed by atoms with Crippen LogP contribution in [0.4, 0.5) is 5.69 Å². The molecule has 100 valence electrons. The van der Waals surface area contributed by atoms with E-state index in [0.717, 1.165) is 0 Å². The first-order valence-corrected chi connectivity index (χ1v) is 6.15. The number of methoxy groups -OCH3 is 1. The van der Waals surface area contributed by atoms with Crippen molar-refractivity contribution in [3.63, 3.8) is 0 Å². The molecule has 18 heavy (non-hydrogen) atoms. The summed E-state index contributed by atoms with van der Waals surface area (Å²) in [6.45, 7) is 4.43. The van der Waals surface area contributed by atoms with Gasteiger partial charge >= 0.3 is 0 Å². The number of carbonyl (C=O) groups excluding carboxylic acids is 1. The third-order valence-corrected chi connectivity index (χ3v) is 3.01. The fourth-order valence-electron chi connectivity index (χ4n) is 1.35. The fraction of sp³-hybridized carbons (Fsp3) is 0.462. The van der Waals surface area contributed by atoms with Gasteiger partial charge in [0.1, 0.15) is 5.75 Å². The molecule has 0 aliphatic carbocycles. The number of nitrogens with one attached hydrogen (secondary N) is 1. The smallest absolute Gasteiger partial charge is 0.238 e. The van der Waals surface area contributed by atoms with Crippen LogP contribution in [-0.2, 0) is 4.79 Å². The van der Waals surface area contributed by atoms with Crippen molar-refractivity contribution in [1.82, 2.24) is 4.90 Å². The average Bonchev–Trinajstić information content (AvgIpc) is 2.28. The molecule has 0 saturated carbocycles. The summed E-state index contributed by atoms with van der Waals surface area (Å²) >= 11 is 5.98. The molecule has 1 aromatic carbocycles. The lowest BCUT2D eigenvalue weighted by atomic mass is 10.3. The van der Waals surface area contributed by atoms with E-state index in [9.17, 15) is 4.79 Å². The monoisotopic (exact) mass is 270 g/mol.